The zero-order chi connectivity index (χ0) is 23.5. The van der Waals surface area contributed by atoms with Gasteiger partial charge in [-0.3, -0.25) is 0 Å². The summed E-state index contributed by atoms with van der Waals surface area (Å²) < 4.78 is 7.14. The van der Waals surface area contributed by atoms with Crippen LogP contribution < -0.4 is 5.32 Å². The molecule has 1 N–H and O–H groups in total. The molecule has 33 heavy (non-hydrogen) atoms. The van der Waals surface area contributed by atoms with Crippen molar-refractivity contribution in [2.45, 2.75) is 37.2 Å². The van der Waals surface area contributed by atoms with Crippen LogP contribution in [0.5, 0.6) is 0 Å². The van der Waals surface area contributed by atoms with E-state index in [1.54, 1.807) is 22.9 Å². The highest BCUT2D eigenvalue weighted by Gasteiger charge is 2.36. The van der Waals surface area contributed by atoms with Crippen molar-refractivity contribution in [1.82, 2.24) is 14.8 Å². The van der Waals surface area contributed by atoms with Crippen molar-refractivity contribution >= 4 is 58.5 Å². The molecule has 0 spiro atoms. The van der Waals surface area contributed by atoms with Gasteiger partial charge >= 0.3 is 5.97 Å². The average molecular weight is 524 g/mol. The molecule has 4 rings (SSSR count). The smallest absolute Gasteiger partial charge is 0.338 e. The third kappa shape index (κ3) is 5.17. The Bertz CT molecular complexity index is 1230. The molecule has 0 saturated heterocycles. The number of nitrogens with zero attached hydrogens (tertiary/aromatic N) is 3. The minimum atomic E-state index is -0.613. The van der Waals surface area contributed by atoms with Gasteiger partial charge in [0.15, 0.2) is 0 Å². The number of hydrogen-bond acceptors (Lipinski definition) is 6. The number of thioether (sulfide) groups is 1. The first-order valence-corrected chi connectivity index (χ1v) is 12.4. The molecule has 1 aliphatic rings. The summed E-state index contributed by atoms with van der Waals surface area (Å²) >= 11 is 20.4. The number of rotatable bonds is 7. The van der Waals surface area contributed by atoms with Crippen LogP contribution in [0.2, 0.25) is 15.1 Å². The van der Waals surface area contributed by atoms with E-state index in [1.807, 2.05) is 38.1 Å². The van der Waals surface area contributed by atoms with Gasteiger partial charge in [0.05, 0.1) is 12.2 Å². The molecule has 2 aromatic carbocycles. The highest BCUT2D eigenvalue weighted by Crippen LogP contribution is 2.40. The summed E-state index contributed by atoms with van der Waals surface area (Å²) in [5.74, 6) is 0.689. The van der Waals surface area contributed by atoms with Gasteiger partial charge in [0.25, 0.3) is 0 Å². The highest BCUT2D eigenvalue weighted by atomic mass is 35.5. The molecule has 0 aliphatic carbocycles. The van der Waals surface area contributed by atoms with Crippen molar-refractivity contribution in [3.63, 3.8) is 0 Å². The van der Waals surface area contributed by atoms with E-state index < -0.39 is 12.0 Å². The van der Waals surface area contributed by atoms with Crippen LogP contribution in [0.3, 0.4) is 0 Å². The van der Waals surface area contributed by atoms with E-state index >= 15 is 0 Å². The molecule has 2 heterocycles. The Balaban J connectivity index is 1.72. The molecule has 0 bridgehead atoms. The first-order chi connectivity index (χ1) is 15.9. The summed E-state index contributed by atoms with van der Waals surface area (Å²) in [6.45, 7) is 4.08. The number of benzene rings is 2. The van der Waals surface area contributed by atoms with Gasteiger partial charge in [-0.1, -0.05) is 77.8 Å². The van der Waals surface area contributed by atoms with Gasteiger partial charge in [-0.05, 0) is 37.1 Å². The second-order valence-electron chi connectivity index (χ2n) is 7.41. The molecule has 3 aromatic rings. The van der Waals surface area contributed by atoms with Gasteiger partial charge in [-0.25, -0.2) is 9.48 Å². The normalized spacial score (nSPS) is 15.2. The van der Waals surface area contributed by atoms with E-state index in [0.29, 0.717) is 55.4 Å². The van der Waals surface area contributed by atoms with Gasteiger partial charge in [-0.2, -0.15) is 4.98 Å². The maximum Gasteiger partial charge on any atom is 0.338 e. The van der Waals surface area contributed by atoms with E-state index in [1.165, 1.54) is 11.8 Å². The standard InChI is InChI=1S/C23H21Cl3N4O2S/c1-3-10-32-21(31)19-13(2)27-22-28-23(33-12-14-6-4-5-7-17(14)25)29-30(22)20(19)16-9-8-15(24)11-18(16)26/h4-9,11,20H,3,10,12H2,1-2H3,(H,27,28,29). The fourth-order valence-corrected chi connectivity index (χ4v) is 5.12. The van der Waals surface area contributed by atoms with Crippen molar-refractivity contribution in [3.8, 4) is 0 Å². The van der Waals surface area contributed by atoms with E-state index in [9.17, 15) is 4.79 Å². The van der Waals surface area contributed by atoms with Crippen LogP contribution in [0.1, 0.15) is 37.4 Å². The molecule has 1 aliphatic heterocycles. The summed E-state index contributed by atoms with van der Waals surface area (Å²) in [4.78, 5) is 17.7. The number of nitrogens with one attached hydrogen (secondary N) is 1. The molecule has 0 amide bonds. The SMILES string of the molecule is CCCOC(=O)C1=C(C)Nc2nc(SCc3ccccc3Cl)nn2C1c1ccc(Cl)cc1Cl. The van der Waals surface area contributed by atoms with Crippen LogP contribution in [-0.4, -0.2) is 27.3 Å². The Morgan fingerprint density at radius 1 is 1.18 bits per heavy atom. The fraction of sp³-hybridized carbons (Fsp3) is 0.261. The van der Waals surface area contributed by atoms with Crippen molar-refractivity contribution < 1.29 is 9.53 Å². The Labute approximate surface area is 211 Å². The van der Waals surface area contributed by atoms with Crippen LogP contribution in [0.25, 0.3) is 0 Å². The monoisotopic (exact) mass is 522 g/mol. The van der Waals surface area contributed by atoms with Gasteiger partial charge in [-0.15, -0.1) is 5.10 Å². The average Bonchev–Trinajstić information content (AvgIpc) is 3.18. The fourth-order valence-electron chi connectivity index (χ4n) is 3.50. The Morgan fingerprint density at radius 2 is 1.97 bits per heavy atom. The third-order valence-electron chi connectivity index (χ3n) is 5.06. The second-order valence-corrected chi connectivity index (χ2v) is 9.60. The third-order valence-corrected chi connectivity index (χ3v) is 6.88. The van der Waals surface area contributed by atoms with Gasteiger partial charge in [0, 0.05) is 32.1 Å². The summed E-state index contributed by atoms with van der Waals surface area (Å²) in [5, 5.41) is 10.0. The Hall–Kier alpha value is -2.19. The largest absolute Gasteiger partial charge is 0.462 e. The molecule has 10 heteroatoms. The quantitative estimate of drug-likeness (QED) is 0.272. The van der Waals surface area contributed by atoms with Crippen LogP contribution in [0.15, 0.2) is 58.9 Å². The molecule has 1 aromatic heterocycles. The predicted octanol–water partition coefficient (Wildman–Crippen LogP) is 6.77. The van der Waals surface area contributed by atoms with E-state index in [-0.39, 0.29) is 0 Å². The second kappa shape index (κ2) is 10.4. The summed E-state index contributed by atoms with van der Waals surface area (Å²) in [6, 6.07) is 12.2. The van der Waals surface area contributed by atoms with Gasteiger partial charge < -0.3 is 10.1 Å². The zero-order valence-corrected chi connectivity index (χ0v) is 21.0. The molecule has 0 fully saturated rings. The summed E-state index contributed by atoms with van der Waals surface area (Å²) in [6.07, 6.45) is 0.718. The lowest BCUT2D eigenvalue weighted by molar-refractivity contribution is -0.139. The topological polar surface area (TPSA) is 69.0 Å². The number of carbonyl (C=O) groups is 1. The number of ether oxygens (including phenoxy) is 1. The minimum absolute atomic E-state index is 0.319. The number of halogens is 3. The van der Waals surface area contributed by atoms with Crippen molar-refractivity contribution in [2.75, 3.05) is 11.9 Å². The molecule has 1 unspecified atom stereocenters. The first kappa shape index (κ1) is 24.0. The van der Waals surface area contributed by atoms with E-state index in [2.05, 4.69) is 10.3 Å². The Kier molecular flexibility index (Phi) is 7.54. The molecule has 6 nitrogen and oxygen atoms in total. The van der Waals surface area contributed by atoms with Crippen LogP contribution >= 0.6 is 46.6 Å². The maximum absolute atomic E-state index is 13.0. The van der Waals surface area contributed by atoms with Crippen LogP contribution in [-0.2, 0) is 15.3 Å². The predicted molar refractivity (Wildman–Crippen MR) is 133 cm³/mol. The van der Waals surface area contributed by atoms with Crippen LogP contribution in [0.4, 0.5) is 5.95 Å². The number of anilines is 1. The molecule has 0 radical (unpaired) electrons. The van der Waals surface area contributed by atoms with Crippen molar-refractivity contribution in [3.05, 3.63) is 79.9 Å². The highest BCUT2D eigenvalue weighted by molar-refractivity contribution is 7.98. The number of esters is 1. The molecule has 1 atom stereocenters. The number of allylic oxidation sites excluding steroid dienone is 1. The van der Waals surface area contributed by atoms with Crippen molar-refractivity contribution in [1.29, 1.82) is 0 Å². The molecular formula is C23H21Cl3N4O2S. The molecular weight excluding hydrogens is 503 g/mol. The van der Waals surface area contributed by atoms with Crippen LogP contribution in [0, 0.1) is 0 Å². The zero-order valence-electron chi connectivity index (χ0n) is 17.9. The lowest BCUT2D eigenvalue weighted by Gasteiger charge is -2.28. The number of fused-ring (bicyclic) bond motifs is 1. The van der Waals surface area contributed by atoms with E-state index in [0.717, 1.165) is 12.0 Å². The summed E-state index contributed by atoms with van der Waals surface area (Å²) in [7, 11) is 0. The lowest BCUT2D eigenvalue weighted by Crippen LogP contribution is -2.30. The minimum Gasteiger partial charge on any atom is -0.462 e. The van der Waals surface area contributed by atoms with E-state index in [4.69, 9.17) is 44.6 Å². The number of carbonyl (C=O) groups excluding carboxylic acids is 1. The summed E-state index contributed by atoms with van der Waals surface area (Å²) in [5.41, 5.74) is 2.72. The Morgan fingerprint density at radius 3 is 2.70 bits per heavy atom. The molecule has 0 saturated carbocycles. The lowest BCUT2D eigenvalue weighted by atomic mass is 9.96. The number of hydrogen-bond donors (Lipinski definition) is 1. The molecule has 172 valence electrons. The maximum atomic E-state index is 13.0. The number of aromatic nitrogens is 3. The van der Waals surface area contributed by atoms with Gasteiger partial charge in [0.1, 0.15) is 6.04 Å². The van der Waals surface area contributed by atoms with Crippen molar-refractivity contribution in [2.24, 2.45) is 0 Å². The van der Waals surface area contributed by atoms with Gasteiger partial charge in [0.2, 0.25) is 11.1 Å². The first-order valence-electron chi connectivity index (χ1n) is 10.3.